The third-order valence-electron chi connectivity index (χ3n) is 4.21. The number of anilines is 1. The fourth-order valence-corrected chi connectivity index (χ4v) is 2.83. The van der Waals surface area contributed by atoms with Crippen LogP contribution in [0.25, 0.3) is 0 Å². The summed E-state index contributed by atoms with van der Waals surface area (Å²) >= 11 is 0. The molecule has 5 heteroatoms. The van der Waals surface area contributed by atoms with E-state index < -0.39 is 0 Å². The van der Waals surface area contributed by atoms with Crippen LogP contribution in [0.5, 0.6) is 11.8 Å². The first kappa shape index (κ1) is 20.4. The normalized spacial score (nSPS) is 11.5. The molecule has 2 aromatic carbocycles. The third-order valence-corrected chi connectivity index (χ3v) is 4.21. The molecule has 0 aliphatic rings. The number of nitrogens with zero attached hydrogens (tertiary/aromatic N) is 1. The summed E-state index contributed by atoms with van der Waals surface area (Å²) in [7, 11) is 0. The van der Waals surface area contributed by atoms with Gasteiger partial charge in [0.25, 0.3) is 0 Å². The van der Waals surface area contributed by atoms with Crippen LogP contribution in [0.1, 0.15) is 24.5 Å². The highest BCUT2D eigenvalue weighted by molar-refractivity contribution is 5.54. The molecule has 3 rings (SSSR count). The van der Waals surface area contributed by atoms with Crippen LogP contribution < -0.4 is 14.8 Å². The zero-order valence-electron chi connectivity index (χ0n) is 16.5. The number of nitrogens with one attached hydrogen (secondary N) is 1. The van der Waals surface area contributed by atoms with E-state index in [0.29, 0.717) is 30.7 Å². The van der Waals surface area contributed by atoms with Crippen LogP contribution in [0, 0.1) is 0 Å². The average molecular weight is 392 g/mol. The Labute approximate surface area is 171 Å². The van der Waals surface area contributed by atoms with E-state index in [2.05, 4.69) is 16.9 Å². The van der Waals surface area contributed by atoms with Crippen molar-refractivity contribution in [3.63, 3.8) is 0 Å². The molecule has 0 saturated heterocycles. The molecule has 0 fully saturated rings. The van der Waals surface area contributed by atoms with E-state index in [-0.39, 0.29) is 18.3 Å². The Morgan fingerprint density at radius 1 is 0.931 bits per heavy atom. The number of hydrogen-bond donors (Lipinski definition) is 1. The Kier molecular flexibility index (Phi) is 7.22. The lowest BCUT2D eigenvalue weighted by atomic mass is 10.2. The van der Waals surface area contributed by atoms with E-state index in [1.54, 1.807) is 6.07 Å². The molecule has 0 spiro atoms. The van der Waals surface area contributed by atoms with Crippen LogP contribution >= 0.6 is 0 Å². The molecule has 4 nitrogen and oxygen atoms in total. The zero-order valence-corrected chi connectivity index (χ0v) is 16.5. The molecular weight excluding hydrogens is 367 g/mol. The molecule has 1 atom stereocenters. The van der Waals surface area contributed by atoms with Crippen molar-refractivity contribution in [2.75, 3.05) is 5.32 Å². The van der Waals surface area contributed by atoms with Crippen LogP contribution in [-0.2, 0) is 13.2 Å². The van der Waals surface area contributed by atoms with Crippen molar-refractivity contribution >= 4 is 5.69 Å². The van der Waals surface area contributed by atoms with Gasteiger partial charge in [0.05, 0.1) is 11.5 Å². The van der Waals surface area contributed by atoms with Crippen molar-refractivity contribution in [1.82, 2.24) is 4.98 Å². The smallest absolute Gasteiger partial charge is 0.241 e. The van der Waals surface area contributed by atoms with Gasteiger partial charge in [-0.15, -0.1) is 0 Å². The Balaban J connectivity index is 1.74. The second kappa shape index (κ2) is 10.3. The minimum atomic E-state index is -0.368. The van der Waals surface area contributed by atoms with E-state index >= 15 is 0 Å². The summed E-state index contributed by atoms with van der Waals surface area (Å²) in [6.07, 6.45) is 0.213. The molecule has 0 aliphatic carbocycles. The summed E-state index contributed by atoms with van der Waals surface area (Å²) in [5.41, 5.74) is 2.76. The zero-order chi connectivity index (χ0) is 20.5. The van der Waals surface area contributed by atoms with Crippen molar-refractivity contribution in [2.24, 2.45) is 0 Å². The molecule has 0 bridgehead atoms. The van der Waals surface area contributed by atoms with E-state index in [1.165, 1.54) is 0 Å². The Bertz CT molecular complexity index is 917. The van der Waals surface area contributed by atoms with Crippen LogP contribution in [0.2, 0.25) is 0 Å². The first-order valence-electron chi connectivity index (χ1n) is 9.54. The second-order valence-corrected chi connectivity index (χ2v) is 6.82. The van der Waals surface area contributed by atoms with Gasteiger partial charge >= 0.3 is 0 Å². The molecule has 150 valence electrons. The van der Waals surface area contributed by atoms with Gasteiger partial charge in [0.15, 0.2) is 0 Å². The highest BCUT2D eigenvalue weighted by Crippen LogP contribution is 2.28. The highest BCUT2D eigenvalue weighted by Gasteiger charge is 2.12. The van der Waals surface area contributed by atoms with Gasteiger partial charge in [0.1, 0.15) is 13.2 Å². The topological polar surface area (TPSA) is 43.4 Å². The number of pyridine rings is 1. The third kappa shape index (κ3) is 6.64. The maximum Gasteiger partial charge on any atom is 0.241 e. The van der Waals surface area contributed by atoms with Gasteiger partial charge < -0.3 is 14.8 Å². The van der Waals surface area contributed by atoms with Crippen molar-refractivity contribution in [3.8, 4) is 11.8 Å². The number of rotatable bonds is 10. The van der Waals surface area contributed by atoms with Crippen molar-refractivity contribution < 1.29 is 13.9 Å². The van der Waals surface area contributed by atoms with Crippen molar-refractivity contribution in [1.29, 1.82) is 0 Å². The minimum absolute atomic E-state index is 0.149. The molecular formula is C24H25FN2O2. The van der Waals surface area contributed by atoms with Gasteiger partial charge in [-0.3, -0.25) is 0 Å². The lowest BCUT2D eigenvalue weighted by Crippen LogP contribution is -2.16. The molecule has 3 aromatic rings. The van der Waals surface area contributed by atoms with Gasteiger partial charge in [0.2, 0.25) is 11.8 Å². The van der Waals surface area contributed by atoms with Crippen molar-refractivity contribution in [2.45, 2.75) is 32.6 Å². The fraction of sp³-hybridized carbons (Fsp3) is 0.208. The van der Waals surface area contributed by atoms with Crippen LogP contribution in [0.15, 0.2) is 85.2 Å². The number of aromatic nitrogens is 1. The summed E-state index contributed by atoms with van der Waals surface area (Å²) in [5, 5.41) is 3.24. The molecule has 1 unspecified atom stereocenters. The standard InChI is InChI=1S/C24H25FN2O2/c1-18(25)15-19(2)26-22-13-14-23(28-16-20-9-5-3-6-10-20)27-24(22)29-17-21-11-7-4-8-12-21/h3-14,19,26H,1,15-17H2,2H3. The molecule has 0 saturated carbocycles. The number of benzene rings is 2. The summed E-state index contributed by atoms with van der Waals surface area (Å²) < 4.78 is 24.9. The Morgan fingerprint density at radius 2 is 1.52 bits per heavy atom. The number of hydrogen-bond acceptors (Lipinski definition) is 4. The maximum atomic E-state index is 13.1. The number of ether oxygens (including phenoxy) is 2. The van der Waals surface area contributed by atoms with E-state index in [0.717, 1.165) is 11.1 Å². The van der Waals surface area contributed by atoms with Gasteiger partial charge in [0, 0.05) is 18.5 Å². The Hall–Kier alpha value is -3.34. The highest BCUT2D eigenvalue weighted by atomic mass is 19.1. The average Bonchev–Trinajstić information content (AvgIpc) is 2.73. The maximum absolute atomic E-state index is 13.1. The molecule has 1 heterocycles. The van der Waals surface area contributed by atoms with Crippen LogP contribution in [0.4, 0.5) is 10.1 Å². The fourth-order valence-electron chi connectivity index (χ4n) is 2.83. The summed E-state index contributed by atoms with van der Waals surface area (Å²) in [6.45, 7) is 5.99. The van der Waals surface area contributed by atoms with Crippen molar-refractivity contribution in [3.05, 3.63) is 96.3 Å². The first-order chi connectivity index (χ1) is 14.1. The quantitative estimate of drug-likeness (QED) is 0.466. The Morgan fingerprint density at radius 3 is 2.10 bits per heavy atom. The molecule has 1 aromatic heterocycles. The SMILES string of the molecule is C=C(F)CC(C)Nc1ccc(OCc2ccccc2)nc1OCc1ccccc1. The summed E-state index contributed by atoms with van der Waals surface area (Å²) in [6, 6.07) is 23.2. The monoisotopic (exact) mass is 392 g/mol. The summed E-state index contributed by atoms with van der Waals surface area (Å²) in [4.78, 5) is 4.51. The predicted octanol–water partition coefficient (Wildman–Crippen LogP) is 5.91. The van der Waals surface area contributed by atoms with E-state index in [1.807, 2.05) is 73.7 Å². The van der Waals surface area contributed by atoms with Crippen LogP contribution in [-0.4, -0.2) is 11.0 Å². The lowest BCUT2D eigenvalue weighted by Gasteiger charge is -2.18. The van der Waals surface area contributed by atoms with E-state index in [9.17, 15) is 4.39 Å². The van der Waals surface area contributed by atoms with Gasteiger partial charge in [-0.25, -0.2) is 4.39 Å². The lowest BCUT2D eigenvalue weighted by molar-refractivity contribution is 0.268. The summed E-state index contributed by atoms with van der Waals surface area (Å²) in [5.74, 6) is 0.508. The number of halogens is 1. The molecule has 0 amide bonds. The van der Waals surface area contributed by atoms with E-state index in [4.69, 9.17) is 9.47 Å². The first-order valence-corrected chi connectivity index (χ1v) is 9.54. The molecule has 0 aliphatic heterocycles. The van der Waals surface area contributed by atoms with Crippen LogP contribution in [0.3, 0.4) is 0 Å². The molecule has 0 radical (unpaired) electrons. The predicted molar refractivity (Wildman–Crippen MR) is 114 cm³/mol. The second-order valence-electron chi connectivity index (χ2n) is 6.82. The molecule has 1 N–H and O–H groups in total. The molecule has 29 heavy (non-hydrogen) atoms. The van der Waals surface area contributed by atoms with Gasteiger partial charge in [-0.2, -0.15) is 4.98 Å². The van der Waals surface area contributed by atoms with Gasteiger partial charge in [-0.05, 0) is 24.1 Å². The largest absolute Gasteiger partial charge is 0.473 e. The minimum Gasteiger partial charge on any atom is -0.473 e. The van der Waals surface area contributed by atoms with Gasteiger partial charge in [-0.1, -0.05) is 67.2 Å².